The van der Waals surface area contributed by atoms with Crippen molar-refractivity contribution in [3.63, 3.8) is 0 Å². The standard InChI is InChI=1S/C15H26N2O3/c1-11-5-4-6-12(9-11)16(3)14(20)17-8-7-15(2,10-17)13(18)19/h11-12H,4-10H2,1-3H3,(H,18,19). The van der Waals surface area contributed by atoms with Crippen molar-refractivity contribution >= 4 is 12.0 Å². The average Bonchev–Trinajstić information content (AvgIpc) is 2.81. The number of carbonyl (C=O) groups is 2. The molecule has 2 aliphatic rings. The molecule has 3 unspecified atom stereocenters. The molecule has 1 saturated heterocycles. The van der Waals surface area contributed by atoms with Crippen LogP contribution < -0.4 is 0 Å². The van der Waals surface area contributed by atoms with E-state index >= 15 is 0 Å². The summed E-state index contributed by atoms with van der Waals surface area (Å²) in [6, 6.07) is 0.303. The van der Waals surface area contributed by atoms with Crippen molar-refractivity contribution < 1.29 is 14.7 Å². The first-order chi connectivity index (χ1) is 9.33. The van der Waals surface area contributed by atoms with Crippen molar-refractivity contribution in [3.05, 3.63) is 0 Å². The minimum atomic E-state index is -0.804. The molecule has 2 fully saturated rings. The molecule has 0 radical (unpaired) electrons. The Balaban J connectivity index is 1.96. The van der Waals surface area contributed by atoms with E-state index in [1.54, 1.807) is 11.8 Å². The zero-order valence-corrected chi connectivity index (χ0v) is 12.8. The molecular weight excluding hydrogens is 256 g/mol. The van der Waals surface area contributed by atoms with Gasteiger partial charge >= 0.3 is 12.0 Å². The third kappa shape index (κ3) is 2.91. The second-order valence-corrected chi connectivity index (χ2v) is 6.86. The normalized spacial score (nSPS) is 34.0. The van der Waals surface area contributed by atoms with E-state index in [4.69, 9.17) is 0 Å². The van der Waals surface area contributed by atoms with Gasteiger partial charge in [-0.05, 0) is 32.1 Å². The maximum Gasteiger partial charge on any atom is 0.320 e. The molecule has 1 saturated carbocycles. The molecule has 1 N–H and O–H groups in total. The Morgan fingerprint density at radius 2 is 2.05 bits per heavy atom. The summed E-state index contributed by atoms with van der Waals surface area (Å²) < 4.78 is 0. The van der Waals surface area contributed by atoms with Gasteiger partial charge in [0.15, 0.2) is 0 Å². The Bertz CT molecular complexity index is 399. The summed E-state index contributed by atoms with van der Waals surface area (Å²) in [5, 5.41) is 9.24. The number of hydrogen-bond donors (Lipinski definition) is 1. The van der Waals surface area contributed by atoms with Crippen LogP contribution in [0.5, 0.6) is 0 Å². The lowest BCUT2D eigenvalue weighted by Crippen LogP contribution is -2.47. The average molecular weight is 282 g/mol. The molecule has 3 atom stereocenters. The number of nitrogens with zero attached hydrogens (tertiary/aromatic N) is 2. The molecule has 1 heterocycles. The number of hydrogen-bond acceptors (Lipinski definition) is 2. The van der Waals surface area contributed by atoms with Crippen LogP contribution in [0.15, 0.2) is 0 Å². The van der Waals surface area contributed by atoms with E-state index in [0.717, 1.165) is 12.8 Å². The molecule has 0 aromatic carbocycles. The Morgan fingerprint density at radius 3 is 2.60 bits per heavy atom. The third-order valence-electron chi connectivity index (χ3n) is 5.02. The maximum absolute atomic E-state index is 12.5. The lowest BCUT2D eigenvalue weighted by atomic mass is 9.86. The molecule has 2 amide bonds. The van der Waals surface area contributed by atoms with Crippen LogP contribution in [0.2, 0.25) is 0 Å². The zero-order chi connectivity index (χ0) is 14.9. The summed E-state index contributed by atoms with van der Waals surface area (Å²) >= 11 is 0. The van der Waals surface area contributed by atoms with Crippen molar-refractivity contribution in [2.75, 3.05) is 20.1 Å². The van der Waals surface area contributed by atoms with Crippen LogP contribution in [0.3, 0.4) is 0 Å². The Kier molecular flexibility index (Phi) is 4.25. The van der Waals surface area contributed by atoms with Crippen LogP contribution in [0, 0.1) is 11.3 Å². The molecule has 1 aliphatic heterocycles. The van der Waals surface area contributed by atoms with E-state index < -0.39 is 11.4 Å². The fourth-order valence-electron chi connectivity index (χ4n) is 3.43. The van der Waals surface area contributed by atoms with Gasteiger partial charge in [-0.25, -0.2) is 4.79 Å². The van der Waals surface area contributed by atoms with Crippen molar-refractivity contribution in [1.29, 1.82) is 0 Å². The maximum atomic E-state index is 12.5. The number of carbonyl (C=O) groups excluding carboxylic acids is 1. The fourth-order valence-corrected chi connectivity index (χ4v) is 3.43. The molecule has 0 aromatic rings. The Morgan fingerprint density at radius 1 is 1.35 bits per heavy atom. The van der Waals surface area contributed by atoms with Crippen molar-refractivity contribution in [3.8, 4) is 0 Å². The molecule has 114 valence electrons. The molecule has 2 rings (SSSR count). The van der Waals surface area contributed by atoms with Crippen LogP contribution in [0.1, 0.15) is 46.0 Å². The largest absolute Gasteiger partial charge is 0.481 e. The third-order valence-corrected chi connectivity index (χ3v) is 5.02. The monoisotopic (exact) mass is 282 g/mol. The van der Waals surface area contributed by atoms with Gasteiger partial charge in [0.1, 0.15) is 0 Å². The second-order valence-electron chi connectivity index (χ2n) is 6.86. The molecule has 5 nitrogen and oxygen atoms in total. The number of likely N-dealkylation sites (tertiary alicyclic amines) is 1. The number of carboxylic acids is 1. The van der Waals surface area contributed by atoms with Crippen LogP contribution in [0.25, 0.3) is 0 Å². The Hall–Kier alpha value is -1.26. The summed E-state index contributed by atoms with van der Waals surface area (Å²) in [7, 11) is 1.86. The van der Waals surface area contributed by atoms with Gasteiger partial charge in [-0.1, -0.05) is 19.8 Å². The highest BCUT2D eigenvalue weighted by Crippen LogP contribution is 2.32. The van der Waals surface area contributed by atoms with Gasteiger partial charge in [0.05, 0.1) is 5.41 Å². The predicted octanol–water partition coefficient (Wildman–Crippen LogP) is 2.41. The van der Waals surface area contributed by atoms with E-state index in [9.17, 15) is 14.7 Å². The summed E-state index contributed by atoms with van der Waals surface area (Å²) in [6.45, 7) is 4.84. The second kappa shape index (κ2) is 5.62. The van der Waals surface area contributed by atoms with Crippen LogP contribution in [-0.2, 0) is 4.79 Å². The highest BCUT2D eigenvalue weighted by atomic mass is 16.4. The molecule has 1 aliphatic carbocycles. The number of rotatable bonds is 2. The van der Waals surface area contributed by atoms with Crippen LogP contribution >= 0.6 is 0 Å². The molecule has 20 heavy (non-hydrogen) atoms. The molecular formula is C15H26N2O3. The molecule has 0 spiro atoms. The van der Waals surface area contributed by atoms with E-state index in [0.29, 0.717) is 31.5 Å². The van der Waals surface area contributed by atoms with E-state index in [1.165, 1.54) is 12.8 Å². The van der Waals surface area contributed by atoms with Gasteiger partial charge in [-0.15, -0.1) is 0 Å². The van der Waals surface area contributed by atoms with Crippen LogP contribution in [-0.4, -0.2) is 53.1 Å². The zero-order valence-electron chi connectivity index (χ0n) is 12.8. The minimum absolute atomic E-state index is 0.00549. The van der Waals surface area contributed by atoms with Gasteiger partial charge in [-0.3, -0.25) is 4.79 Å². The van der Waals surface area contributed by atoms with E-state index in [1.807, 2.05) is 11.9 Å². The van der Waals surface area contributed by atoms with Crippen molar-refractivity contribution in [2.24, 2.45) is 11.3 Å². The summed E-state index contributed by atoms with van der Waals surface area (Å²) in [4.78, 5) is 27.3. The smallest absolute Gasteiger partial charge is 0.320 e. The van der Waals surface area contributed by atoms with Gasteiger partial charge < -0.3 is 14.9 Å². The van der Waals surface area contributed by atoms with Gasteiger partial charge in [0, 0.05) is 26.2 Å². The Labute approximate surface area is 120 Å². The lowest BCUT2D eigenvalue weighted by Gasteiger charge is -2.36. The van der Waals surface area contributed by atoms with E-state index in [-0.39, 0.29) is 6.03 Å². The summed E-state index contributed by atoms with van der Waals surface area (Å²) in [5.41, 5.74) is -0.781. The first kappa shape index (κ1) is 15.1. The van der Waals surface area contributed by atoms with Crippen LogP contribution in [0.4, 0.5) is 4.79 Å². The van der Waals surface area contributed by atoms with Gasteiger partial charge in [0.25, 0.3) is 0 Å². The topological polar surface area (TPSA) is 60.9 Å². The first-order valence-corrected chi connectivity index (χ1v) is 7.58. The number of amides is 2. The van der Waals surface area contributed by atoms with Gasteiger partial charge in [-0.2, -0.15) is 0 Å². The van der Waals surface area contributed by atoms with Gasteiger partial charge in [0.2, 0.25) is 0 Å². The highest BCUT2D eigenvalue weighted by molar-refractivity contribution is 5.79. The molecule has 5 heteroatoms. The highest BCUT2D eigenvalue weighted by Gasteiger charge is 2.43. The number of carboxylic acid groups (broad SMARTS) is 1. The SMILES string of the molecule is CC1CCCC(N(C)C(=O)N2CCC(C)(C(=O)O)C2)C1. The summed E-state index contributed by atoms with van der Waals surface area (Å²) in [6.07, 6.45) is 5.10. The number of urea groups is 1. The number of aliphatic carboxylic acids is 1. The minimum Gasteiger partial charge on any atom is -0.481 e. The lowest BCUT2D eigenvalue weighted by molar-refractivity contribution is -0.147. The quantitative estimate of drug-likeness (QED) is 0.846. The predicted molar refractivity (Wildman–Crippen MR) is 76.5 cm³/mol. The van der Waals surface area contributed by atoms with E-state index in [2.05, 4.69) is 6.92 Å². The van der Waals surface area contributed by atoms with Crippen molar-refractivity contribution in [2.45, 2.75) is 52.0 Å². The molecule has 0 bridgehead atoms. The molecule has 0 aromatic heterocycles. The fraction of sp³-hybridized carbons (Fsp3) is 0.867. The first-order valence-electron chi connectivity index (χ1n) is 7.58. The van der Waals surface area contributed by atoms with Crippen molar-refractivity contribution in [1.82, 2.24) is 9.80 Å². The summed E-state index contributed by atoms with van der Waals surface area (Å²) in [5.74, 6) is -0.131.